The van der Waals surface area contributed by atoms with Crippen LogP contribution in [0, 0.1) is 6.92 Å². The summed E-state index contributed by atoms with van der Waals surface area (Å²) < 4.78 is 5.23. The van der Waals surface area contributed by atoms with E-state index in [0.717, 1.165) is 16.5 Å². The van der Waals surface area contributed by atoms with Crippen LogP contribution in [-0.4, -0.2) is 53.8 Å². The Hall–Kier alpha value is -5.00. The molecule has 12 heteroatoms. The maximum Gasteiger partial charge on any atom is 0.336 e. The highest BCUT2D eigenvalue weighted by atomic mass is 16.4. The Bertz CT molecular complexity index is 1430. The maximum absolute atomic E-state index is 13.2. The first-order valence-corrected chi connectivity index (χ1v) is 12.0. The van der Waals surface area contributed by atoms with E-state index in [4.69, 9.17) is 9.52 Å². The number of hydrogen-bond donors (Lipinski definition) is 5. The molecule has 1 atom stereocenters. The summed E-state index contributed by atoms with van der Waals surface area (Å²) in [6.45, 7) is 0.884. The van der Waals surface area contributed by atoms with Gasteiger partial charge < -0.3 is 30.8 Å². The third kappa shape index (κ3) is 9.11. The summed E-state index contributed by atoms with van der Waals surface area (Å²) in [6.07, 6.45) is -0.482. The second-order valence-corrected chi connectivity index (χ2v) is 8.71. The zero-order valence-corrected chi connectivity index (χ0v) is 21.1. The molecule has 0 aliphatic heterocycles. The van der Waals surface area contributed by atoms with Crippen molar-refractivity contribution in [2.45, 2.75) is 32.2 Å². The molecule has 0 fully saturated rings. The molecule has 3 rings (SSSR count). The van der Waals surface area contributed by atoms with Crippen LogP contribution >= 0.6 is 0 Å². The van der Waals surface area contributed by atoms with Gasteiger partial charge in [0.1, 0.15) is 11.6 Å². The average Bonchev–Trinajstić information content (AvgIpc) is 2.89. The van der Waals surface area contributed by atoms with Gasteiger partial charge in [-0.3, -0.25) is 24.0 Å². The number of carboxylic acid groups (broad SMARTS) is 1. The van der Waals surface area contributed by atoms with Gasteiger partial charge >= 0.3 is 11.6 Å². The molecule has 4 amide bonds. The van der Waals surface area contributed by atoms with Crippen molar-refractivity contribution in [1.29, 1.82) is 0 Å². The normalized spacial score (nSPS) is 11.3. The zero-order valence-electron chi connectivity index (χ0n) is 21.1. The summed E-state index contributed by atoms with van der Waals surface area (Å²) in [6, 6.07) is 14.3. The molecule has 5 N–H and O–H groups in total. The van der Waals surface area contributed by atoms with Crippen molar-refractivity contribution in [2.24, 2.45) is 0 Å². The standard InChI is InChI=1S/C27H28N4O8/c1-16-11-26(37)39-21-13-18(7-8-19(16)21)30-27(38)20(12-17-5-3-2-4-6-17)31-24(34)15-29-23(33)14-28-22(32)9-10-25(35)36/h2-8,11,13,20H,9-10,12,14-15H2,1H3,(H,28,32)(H,29,33)(H,30,38)(H,31,34)(H,35,36). The predicted octanol–water partition coefficient (Wildman–Crippen LogP) is 0.865. The molecule has 3 aromatic rings. The Balaban J connectivity index is 1.62. The van der Waals surface area contributed by atoms with Gasteiger partial charge in [0.2, 0.25) is 23.6 Å². The number of carboxylic acids is 1. The van der Waals surface area contributed by atoms with Crippen LogP contribution in [0.2, 0.25) is 0 Å². The van der Waals surface area contributed by atoms with Crippen LogP contribution in [0.15, 0.2) is 63.8 Å². The van der Waals surface area contributed by atoms with Gasteiger partial charge in [-0.2, -0.15) is 0 Å². The quantitative estimate of drug-likeness (QED) is 0.211. The molecule has 0 aliphatic carbocycles. The highest BCUT2D eigenvalue weighted by Crippen LogP contribution is 2.21. The highest BCUT2D eigenvalue weighted by Gasteiger charge is 2.22. The second-order valence-electron chi connectivity index (χ2n) is 8.71. The van der Waals surface area contributed by atoms with Crippen LogP contribution in [0.4, 0.5) is 5.69 Å². The number of fused-ring (bicyclic) bond motifs is 1. The molecule has 39 heavy (non-hydrogen) atoms. The van der Waals surface area contributed by atoms with Gasteiger partial charge in [0.15, 0.2) is 0 Å². The molecule has 1 aromatic heterocycles. The van der Waals surface area contributed by atoms with Crippen LogP contribution in [0.1, 0.15) is 24.0 Å². The summed E-state index contributed by atoms with van der Waals surface area (Å²) >= 11 is 0. The summed E-state index contributed by atoms with van der Waals surface area (Å²) in [5.41, 5.74) is 1.67. The van der Waals surface area contributed by atoms with E-state index in [-0.39, 0.29) is 19.3 Å². The molecule has 0 bridgehead atoms. The monoisotopic (exact) mass is 536 g/mol. The predicted molar refractivity (Wildman–Crippen MR) is 141 cm³/mol. The number of benzene rings is 2. The fraction of sp³-hybridized carbons (Fsp3) is 0.259. The minimum absolute atomic E-state index is 0.160. The van der Waals surface area contributed by atoms with Gasteiger partial charge in [-0.1, -0.05) is 30.3 Å². The molecule has 0 spiro atoms. The molecule has 1 unspecified atom stereocenters. The Morgan fingerprint density at radius 2 is 1.56 bits per heavy atom. The smallest absolute Gasteiger partial charge is 0.336 e. The molecular weight excluding hydrogens is 508 g/mol. The van der Waals surface area contributed by atoms with Crippen molar-refractivity contribution in [3.05, 3.63) is 76.1 Å². The second kappa shape index (κ2) is 13.5. The van der Waals surface area contributed by atoms with E-state index in [1.54, 1.807) is 43.3 Å². The molecule has 0 saturated heterocycles. The summed E-state index contributed by atoms with van der Waals surface area (Å²) in [4.78, 5) is 71.5. The number of rotatable bonds is 12. The van der Waals surface area contributed by atoms with Crippen LogP contribution < -0.4 is 26.9 Å². The van der Waals surface area contributed by atoms with Crippen LogP contribution in [-0.2, 0) is 30.4 Å². The Morgan fingerprint density at radius 1 is 0.872 bits per heavy atom. The lowest BCUT2D eigenvalue weighted by Crippen LogP contribution is -2.49. The Kier molecular flexibility index (Phi) is 9.90. The third-order valence-electron chi connectivity index (χ3n) is 5.61. The molecular formula is C27H28N4O8. The summed E-state index contributed by atoms with van der Waals surface area (Å²) in [5.74, 6) is -3.58. The van der Waals surface area contributed by atoms with Crippen molar-refractivity contribution < 1.29 is 33.5 Å². The number of aliphatic carboxylic acids is 1. The van der Waals surface area contributed by atoms with Crippen LogP contribution in [0.25, 0.3) is 11.0 Å². The molecule has 204 valence electrons. The first-order chi connectivity index (χ1) is 18.6. The minimum atomic E-state index is -1.14. The zero-order chi connectivity index (χ0) is 28.4. The summed E-state index contributed by atoms with van der Waals surface area (Å²) in [5, 5.41) is 19.2. The first kappa shape index (κ1) is 28.6. The maximum atomic E-state index is 13.2. The lowest BCUT2D eigenvalue weighted by Gasteiger charge is -2.19. The van der Waals surface area contributed by atoms with Crippen molar-refractivity contribution in [3.63, 3.8) is 0 Å². The molecule has 2 aromatic carbocycles. The van der Waals surface area contributed by atoms with Gasteiger partial charge in [0.25, 0.3) is 0 Å². The largest absolute Gasteiger partial charge is 0.481 e. The van der Waals surface area contributed by atoms with Gasteiger partial charge in [0, 0.05) is 36.0 Å². The average molecular weight is 537 g/mol. The fourth-order valence-corrected chi connectivity index (χ4v) is 3.67. The van der Waals surface area contributed by atoms with Crippen LogP contribution in [0.5, 0.6) is 0 Å². The first-order valence-electron chi connectivity index (χ1n) is 12.0. The van der Waals surface area contributed by atoms with Crippen LogP contribution in [0.3, 0.4) is 0 Å². The number of amides is 4. The highest BCUT2D eigenvalue weighted by molar-refractivity contribution is 5.99. The number of carbonyl (C=O) groups is 5. The van der Waals surface area contributed by atoms with Gasteiger partial charge in [-0.25, -0.2) is 4.79 Å². The molecule has 0 saturated carbocycles. The van der Waals surface area contributed by atoms with E-state index in [1.165, 1.54) is 12.1 Å². The van der Waals surface area contributed by atoms with Gasteiger partial charge in [-0.05, 0) is 30.2 Å². The van der Waals surface area contributed by atoms with E-state index < -0.39 is 54.4 Å². The van der Waals surface area contributed by atoms with E-state index >= 15 is 0 Å². The minimum Gasteiger partial charge on any atom is -0.481 e. The lowest BCUT2D eigenvalue weighted by molar-refractivity contribution is -0.138. The number of nitrogens with one attached hydrogen (secondary N) is 4. The molecule has 0 aliphatic rings. The van der Waals surface area contributed by atoms with Crippen molar-refractivity contribution >= 4 is 46.3 Å². The van der Waals surface area contributed by atoms with Crippen molar-refractivity contribution in [2.75, 3.05) is 18.4 Å². The third-order valence-corrected chi connectivity index (χ3v) is 5.61. The van der Waals surface area contributed by atoms with E-state index in [2.05, 4.69) is 21.3 Å². The van der Waals surface area contributed by atoms with E-state index in [9.17, 15) is 28.8 Å². The topological polar surface area (TPSA) is 184 Å². The molecule has 0 radical (unpaired) electrons. The number of aryl methyl sites for hydroxylation is 1. The molecule has 1 heterocycles. The van der Waals surface area contributed by atoms with Gasteiger partial charge in [-0.15, -0.1) is 0 Å². The van der Waals surface area contributed by atoms with Crippen molar-refractivity contribution in [3.8, 4) is 0 Å². The lowest BCUT2D eigenvalue weighted by atomic mass is 10.0. The Labute approximate surface area is 222 Å². The number of hydrogen-bond acceptors (Lipinski definition) is 7. The summed E-state index contributed by atoms with van der Waals surface area (Å²) in [7, 11) is 0. The SMILES string of the molecule is Cc1cc(=O)oc2cc(NC(=O)C(Cc3ccccc3)NC(=O)CNC(=O)CNC(=O)CCC(=O)O)ccc12. The number of anilines is 1. The van der Waals surface area contributed by atoms with E-state index in [1.807, 2.05) is 6.07 Å². The van der Waals surface area contributed by atoms with E-state index in [0.29, 0.717) is 11.3 Å². The Morgan fingerprint density at radius 3 is 2.28 bits per heavy atom. The van der Waals surface area contributed by atoms with Crippen molar-refractivity contribution in [1.82, 2.24) is 16.0 Å². The molecule has 12 nitrogen and oxygen atoms in total. The van der Waals surface area contributed by atoms with Gasteiger partial charge in [0.05, 0.1) is 19.5 Å². The number of carbonyl (C=O) groups excluding carboxylic acids is 4. The fourth-order valence-electron chi connectivity index (χ4n) is 3.67.